The number of quaternary nitrogens is 1. The van der Waals surface area contributed by atoms with Gasteiger partial charge in [0.25, 0.3) is 0 Å². The lowest BCUT2D eigenvalue weighted by molar-refractivity contribution is -0.952. The molecular weight excluding hydrogens is 744 g/mol. The highest BCUT2D eigenvalue weighted by Gasteiger charge is 2.65. The maximum atomic E-state index is 13.8. The maximum absolute atomic E-state index is 13.8. The van der Waals surface area contributed by atoms with E-state index in [1.165, 1.54) is 24.3 Å². The first-order chi connectivity index (χ1) is 26.9. The second-order valence-electron chi connectivity index (χ2n) is 14.7. The molecule has 284 valence electrons. The van der Waals surface area contributed by atoms with Gasteiger partial charge in [0.2, 0.25) is 17.2 Å². The van der Waals surface area contributed by atoms with Crippen LogP contribution in [0.2, 0.25) is 5.28 Å². The Labute approximate surface area is 323 Å². The highest BCUT2D eigenvalue weighted by atomic mass is 35.5. The first-order valence-electron chi connectivity index (χ1n) is 17.9. The smallest absolute Gasteiger partial charge is 0.340 e. The summed E-state index contributed by atoms with van der Waals surface area (Å²) in [6.45, 7) is 0.122. The van der Waals surface area contributed by atoms with E-state index in [2.05, 4.69) is 25.6 Å². The fourth-order valence-electron chi connectivity index (χ4n) is 9.25. The van der Waals surface area contributed by atoms with Crippen LogP contribution in [-0.2, 0) is 15.1 Å². The number of aliphatic hydroxyl groups excluding tert-OH is 1. The van der Waals surface area contributed by atoms with Crippen molar-refractivity contribution < 1.29 is 48.8 Å². The summed E-state index contributed by atoms with van der Waals surface area (Å²) in [5, 5.41) is 48.4. The van der Waals surface area contributed by atoms with E-state index < -0.39 is 47.6 Å². The Bertz CT molecular complexity index is 2420. The third kappa shape index (κ3) is 5.41. The molecule has 15 nitrogen and oxygen atoms in total. The Balaban J connectivity index is 1.02. The van der Waals surface area contributed by atoms with Gasteiger partial charge in [-0.3, -0.25) is 9.59 Å². The second kappa shape index (κ2) is 12.9. The largest absolute Gasteiger partial charge is 0.508 e. The number of halogens is 1. The predicted octanol–water partition coefficient (Wildman–Crippen LogP) is 5.17. The lowest BCUT2D eigenvalue weighted by Crippen LogP contribution is -2.70. The summed E-state index contributed by atoms with van der Waals surface area (Å²) in [5.41, 5.74) is 1.03. The van der Waals surface area contributed by atoms with Crippen LogP contribution < -0.4 is 15.4 Å². The highest BCUT2D eigenvalue weighted by molar-refractivity contribution is 6.28. The quantitative estimate of drug-likeness (QED) is 0.0682. The third-order valence-corrected chi connectivity index (χ3v) is 11.9. The van der Waals surface area contributed by atoms with Crippen LogP contribution in [0.1, 0.15) is 50.2 Å². The summed E-state index contributed by atoms with van der Waals surface area (Å²) in [4.78, 5) is 52.9. The number of hydrogen-bond donors (Lipinski definition) is 6. The SMILES string of the molecule is C[N+]1(CNc2nc(Cl)nc(Nc3ccc4c(c3)C3(OC4=O)c4ccc(O)cc4Oc4cc(O)ccc43)n2)[C@@H]2CC[C@H]1C(C(=O)c1ccccc1)[C@H](O)[C@@H]2C(=O)O. The first-order valence-corrected chi connectivity index (χ1v) is 18.3. The van der Waals surface area contributed by atoms with Crippen LogP contribution in [0.3, 0.4) is 0 Å². The van der Waals surface area contributed by atoms with Crippen LogP contribution in [0.25, 0.3) is 0 Å². The Morgan fingerprint density at radius 3 is 2.16 bits per heavy atom. The number of phenolic OH excluding ortho intramolecular Hbond substituents is 2. The van der Waals surface area contributed by atoms with Crippen molar-refractivity contribution in [3.63, 3.8) is 0 Å². The van der Waals surface area contributed by atoms with E-state index >= 15 is 0 Å². The summed E-state index contributed by atoms with van der Waals surface area (Å²) >= 11 is 6.40. The van der Waals surface area contributed by atoms with Gasteiger partial charge in [0.05, 0.1) is 18.7 Å². The van der Waals surface area contributed by atoms with Crippen molar-refractivity contribution in [2.24, 2.45) is 11.8 Å². The van der Waals surface area contributed by atoms with Crippen LogP contribution in [-0.4, -0.2) is 89.5 Å². The number of ether oxygens (including phenoxy) is 2. The van der Waals surface area contributed by atoms with Gasteiger partial charge in [-0.25, -0.2) is 4.79 Å². The molecule has 1 aromatic heterocycles. The van der Waals surface area contributed by atoms with E-state index in [1.54, 1.807) is 60.7 Å². The number of carboxylic acid groups (broad SMARTS) is 1. The molecule has 56 heavy (non-hydrogen) atoms. The molecule has 0 aliphatic carbocycles. The van der Waals surface area contributed by atoms with E-state index in [0.717, 1.165) is 0 Å². The summed E-state index contributed by atoms with van der Waals surface area (Å²) in [6.07, 6.45) is -0.330. The fraction of sp³-hybridized carbons (Fsp3) is 0.250. The molecule has 6 N–H and O–H groups in total. The number of Topliss-reactive ketones (excluding diaryl/α,β-unsaturated/α-hetero) is 1. The minimum atomic E-state index is -1.49. The van der Waals surface area contributed by atoms with Gasteiger partial charge in [0, 0.05) is 52.9 Å². The lowest BCUT2D eigenvalue weighted by atomic mass is 9.75. The number of carbonyl (C=O) groups is 3. The van der Waals surface area contributed by atoms with Crippen molar-refractivity contribution >= 4 is 46.9 Å². The van der Waals surface area contributed by atoms with E-state index in [-0.39, 0.29) is 62.7 Å². The molecule has 5 heterocycles. The van der Waals surface area contributed by atoms with Crippen molar-refractivity contribution in [3.05, 3.63) is 118 Å². The Morgan fingerprint density at radius 2 is 1.50 bits per heavy atom. The normalized spacial score (nSPS) is 25.0. The summed E-state index contributed by atoms with van der Waals surface area (Å²) in [6, 6.07) is 21.6. The van der Waals surface area contributed by atoms with Crippen molar-refractivity contribution in [1.82, 2.24) is 15.0 Å². The highest BCUT2D eigenvalue weighted by Crippen LogP contribution is 2.57. The van der Waals surface area contributed by atoms with Crippen LogP contribution in [0.4, 0.5) is 17.6 Å². The molecule has 2 saturated heterocycles. The molecular formula is C40H34ClN6O9+. The molecule has 9 rings (SSSR count). The fourth-order valence-corrected chi connectivity index (χ4v) is 9.41. The molecule has 0 saturated carbocycles. The van der Waals surface area contributed by atoms with E-state index in [1.807, 2.05) is 7.05 Å². The Morgan fingerprint density at radius 1 is 0.857 bits per heavy atom. The Kier molecular flexibility index (Phi) is 8.16. The second-order valence-corrected chi connectivity index (χ2v) is 15.0. The van der Waals surface area contributed by atoms with Crippen LogP contribution in [0, 0.1) is 11.8 Å². The first kappa shape index (κ1) is 35.4. The van der Waals surface area contributed by atoms with Crippen LogP contribution in [0.5, 0.6) is 23.0 Å². The zero-order chi connectivity index (χ0) is 39.1. The van der Waals surface area contributed by atoms with Gasteiger partial charge in [-0.15, -0.1) is 0 Å². The molecule has 4 aliphatic heterocycles. The van der Waals surface area contributed by atoms with E-state index in [4.69, 9.17) is 21.1 Å². The summed E-state index contributed by atoms with van der Waals surface area (Å²) in [5.74, 6) is -3.72. The molecule has 0 radical (unpaired) electrons. The van der Waals surface area contributed by atoms with Gasteiger partial charge in [-0.1, -0.05) is 30.3 Å². The number of aliphatic hydroxyl groups is 1. The van der Waals surface area contributed by atoms with Gasteiger partial charge < -0.3 is 45.0 Å². The number of benzene rings is 4. The predicted molar refractivity (Wildman–Crippen MR) is 199 cm³/mol. The number of anilines is 3. The molecule has 2 unspecified atom stereocenters. The summed E-state index contributed by atoms with van der Waals surface area (Å²) < 4.78 is 12.4. The molecule has 1 spiro atoms. The number of fused-ring (bicyclic) bond motifs is 8. The summed E-state index contributed by atoms with van der Waals surface area (Å²) in [7, 11) is 1.88. The maximum Gasteiger partial charge on any atom is 0.340 e. The molecule has 0 amide bonds. The van der Waals surface area contributed by atoms with Gasteiger partial charge >= 0.3 is 11.9 Å². The Hall–Kier alpha value is -6.29. The molecule has 5 aromatic rings. The zero-order valence-corrected chi connectivity index (χ0v) is 30.3. The minimum absolute atomic E-state index is 0.0506. The van der Waals surface area contributed by atoms with E-state index in [0.29, 0.717) is 40.8 Å². The van der Waals surface area contributed by atoms with Gasteiger partial charge in [-0.05, 0) is 54.1 Å². The number of aromatic nitrogens is 3. The van der Waals surface area contributed by atoms with Crippen molar-refractivity contribution in [2.75, 3.05) is 24.3 Å². The molecule has 6 atom stereocenters. The molecule has 4 aliphatic rings. The number of phenols is 2. The molecule has 2 bridgehead atoms. The van der Waals surface area contributed by atoms with Gasteiger partial charge in [0.15, 0.2) is 18.1 Å². The van der Waals surface area contributed by atoms with Crippen molar-refractivity contribution in [3.8, 4) is 23.0 Å². The lowest BCUT2D eigenvalue weighted by Gasteiger charge is -2.51. The number of piperidine rings is 1. The number of esters is 1. The molecule has 4 aromatic carbocycles. The number of carbonyl (C=O) groups excluding carboxylic acids is 2. The van der Waals surface area contributed by atoms with Crippen LogP contribution >= 0.6 is 11.6 Å². The van der Waals surface area contributed by atoms with Crippen molar-refractivity contribution in [1.29, 1.82) is 0 Å². The van der Waals surface area contributed by atoms with Crippen molar-refractivity contribution in [2.45, 2.75) is 36.6 Å². The minimum Gasteiger partial charge on any atom is -0.508 e. The van der Waals surface area contributed by atoms with Gasteiger partial charge in [0.1, 0.15) is 46.9 Å². The standard InChI is InChI=1S/C40H33ClN6O9/c1-47(27-13-14-28(47)32(35(52)53)34(51)31(27)33(50)19-5-3-2-4-6-19)18-42-38-44-37(41)45-39(46-38)43-20-7-10-23-26(15-20)40(56-36(23)54)24-11-8-21(48)16-29(24)55-30-17-22(49)9-12-25(30)40/h2-12,15-17,27-28,31-32,34,51H,13-14,18H2,1H3,(H4-,42,43,44,45,46,48,49,52,53,54)/p+1/t27-,28+,31?,32+,34-,47?/m0/s1. The van der Waals surface area contributed by atoms with Crippen LogP contribution in [0.15, 0.2) is 84.9 Å². The van der Waals surface area contributed by atoms with E-state index in [9.17, 15) is 34.8 Å². The third-order valence-electron chi connectivity index (χ3n) is 11.7. The number of nitrogens with one attached hydrogen (secondary N) is 2. The number of hydrogen-bond acceptors (Lipinski definition) is 13. The molecule has 2 fully saturated rings. The number of carboxylic acids is 1. The topological polar surface area (TPSA) is 213 Å². The number of nitrogens with zero attached hydrogens (tertiary/aromatic N) is 4. The number of ketones is 1. The number of aromatic hydroxyl groups is 2. The monoisotopic (exact) mass is 777 g/mol. The van der Waals surface area contributed by atoms with Gasteiger partial charge in [-0.2, -0.15) is 15.0 Å². The average Bonchev–Trinajstić information content (AvgIpc) is 3.56. The average molecular weight is 778 g/mol. The number of rotatable bonds is 8. The zero-order valence-electron chi connectivity index (χ0n) is 29.6. The molecule has 16 heteroatoms. The number of aliphatic carboxylic acids is 1.